The summed E-state index contributed by atoms with van der Waals surface area (Å²) in [5, 5.41) is 3.19. The van der Waals surface area contributed by atoms with Gasteiger partial charge in [-0.1, -0.05) is 28.1 Å². The van der Waals surface area contributed by atoms with Gasteiger partial charge in [-0.15, -0.1) is 0 Å². The Labute approximate surface area is 118 Å². The van der Waals surface area contributed by atoms with Gasteiger partial charge in [-0.05, 0) is 38.0 Å². The van der Waals surface area contributed by atoms with E-state index in [1.165, 1.54) is 11.1 Å². The average molecular weight is 313 g/mol. The maximum absolute atomic E-state index is 11.8. The number of carbonyl (C=O) groups excluding carboxylic acids is 1. The fourth-order valence-electron chi connectivity index (χ4n) is 1.75. The number of halogens is 1. The number of carbonyl (C=O) groups is 1. The Hall–Kier alpha value is -0.870. The Kier molecular flexibility index (Phi) is 6.36. The topological polar surface area (TPSA) is 32.3 Å². The van der Waals surface area contributed by atoms with E-state index in [-0.39, 0.29) is 5.91 Å². The van der Waals surface area contributed by atoms with E-state index in [0.717, 1.165) is 17.6 Å². The average Bonchev–Trinajstić information content (AvgIpc) is 2.35. The summed E-state index contributed by atoms with van der Waals surface area (Å²) in [7, 11) is 0. The molecule has 18 heavy (non-hydrogen) atoms. The Balaban J connectivity index is 2.41. The molecule has 0 saturated heterocycles. The smallest absolute Gasteiger partial charge is 0.236 e. The van der Waals surface area contributed by atoms with Crippen LogP contribution in [0.15, 0.2) is 22.7 Å². The number of aryl methyl sites for hydroxylation is 1. The van der Waals surface area contributed by atoms with Gasteiger partial charge in [0.2, 0.25) is 5.91 Å². The van der Waals surface area contributed by atoms with Crippen molar-refractivity contribution < 1.29 is 4.79 Å². The van der Waals surface area contributed by atoms with E-state index in [1.54, 1.807) is 0 Å². The fraction of sp³-hybridized carbons (Fsp3) is 0.500. The van der Waals surface area contributed by atoms with E-state index in [2.05, 4.69) is 46.4 Å². The zero-order valence-electron chi connectivity index (χ0n) is 11.3. The molecule has 0 aromatic heterocycles. The molecule has 0 spiro atoms. The van der Waals surface area contributed by atoms with E-state index in [9.17, 15) is 4.79 Å². The van der Waals surface area contributed by atoms with Crippen LogP contribution in [-0.4, -0.2) is 30.4 Å². The van der Waals surface area contributed by atoms with Gasteiger partial charge in [-0.3, -0.25) is 4.79 Å². The van der Waals surface area contributed by atoms with Crippen molar-refractivity contribution in [2.45, 2.75) is 27.3 Å². The third kappa shape index (κ3) is 4.42. The molecule has 0 aliphatic carbocycles. The van der Waals surface area contributed by atoms with Crippen LogP contribution in [0.25, 0.3) is 0 Å². The molecular weight excluding hydrogens is 292 g/mol. The summed E-state index contributed by atoms with van der Waals surface area (Å²) in [5.74, 6) is 0.158. The minimum Gasteiger partial charge on any atom is -0.342 e. The molecule has 0 atom stereocenters. The van der Waals surface area contributed by atoms with Crippen LogP contribution in [0.4, 0.5) is 0 Å². The molecule has 0 bridgehead atoms. The van der Waals surface area contributed by atoms with Gasteiger partial charge in [-0.2, -0.15) is 0 Å². The van der Waals surface area contributed by atoms with E-state index in [4.69, 9.17) is 0 Å². The van der Waals surface area contributed by atoms with Crippen LogP contribution in [0, 0.1) is 6.92 Å². The minimum absolute atomic E-state index is 0.158. The predicted octanol–water partition coefficient (Wildman–Crippen LogP) is 2.72. The highest BCUT2D eigenvalue weighted by Crippen LogP contribution is 2.17. The maximum atomic E-state index is 11.8. The Bertz CT molecular complexity index is 403. The van der Waals surface area contributed by atoms with Crippen LogP contribution < -0.4 is 5.32 Å². The first kappa shape index (κ1) is 15.2. The van der Waals surface area contributed by atoms with Crippen LogP contribution in [0.2, 0.25) is 0 Å². The summed E-state index contributed by atoms with van der Waals surface area (Å²) in [5.41, 5.74) is 2.40. The highest BCUT2D eigenvalue weighted by Gasteiger charge is 2.08. The maximum Gasteiger partial charge on any atom is 0.236 e. The number of nitrogens with one attached hydrogen (secondary N) is 1. The van der Waals surface area contributed by atoms with Gasteiger partial charge in [0.05, 0.1) is 6.54 Å². The first-order valence-corrected chi connectivity index (χ1v) is 7.11. The van der Waals surface area contributed by atoms with E-state index in [0.29, 0.717) is 13.1 Å². The molecule has 1 rings (SSSR count). The summed E-state index contributed by atoms with van der Waals surface area (Å²) in [6.45, 7) is 8.71. The summed E-state index contributed by atoms with van der Waals surface area (Å²) in [4.78, 5) is 13.6. The summed E-state index contributed by atoms with van der Waals surface area (Å²) < 4.78 is 1.11. The molecular formula is C14H21BrN2O. The SMILES string of the molecule is CCN(CC)C(=O)CNCc1ccc(C)c(Br)c1. The highest BCUT2D eigenvalue weighted by molar-refractivity contribution is 9.10. The fourth-order valence-corrected chi connectivity index (χ4v) is 2.17. The van der Waals surface area contributed by atoms with E-state index < -0.39 is 0 Å². The molecule has 100 valence electrons. The summed E-state index contributed by atoms with van der Waals surface area (Å²) >= 11 is 3.51. The monoisotopic (exact) mass is 312 g/mol. The number of amides is 1. The number of hydrogen-bond acceptors (Lipinski definition) is 2. The van der Waals surface area contributed by atoms with Crippen molar-refractivity contribution in [3.8, 4) is 0 Å². The van der Waals surface area contributed by atoms with Crippen LogP contribution >= 0.6 is 15.9 Å². The van der Waals surface area contributed by atoms with Crippen LogP contribution in [-0.2, 0) is 11.3 Å². The summed E-state index contributed by atoms with van der Waals surface area (Å²) in [6.07, 6.45) is 0. The zero-order valence-corrected chi connectivity index (χ0v) is 12.9. The number of hydrogen-bond donors (Lipinski definition) is 1. The highest BCUT2D eigenvalue weighted by atomic mass is 79.9. The second-order valence-electron chi connectivity index (χ2n) is 4.25. The molecule has 1 aromatic rings. The lowest BCUT2D eigenvalue weighted by atomic mass is 10.1. The second kappa shape index (κ2) is 7.54. The normalized spacial score (nSPS) is 10.4. The van der Waals surface area contributed by atoms with Crippen molar-refractivity contribution >= 4 is 21.8 Å². The lowest BCUT2D eigenvalue weighted by molar-refractivity contribution is -0.129. The van der Waals surface area contributed by atoms with E-state index in [1.807, 2.05) is 18.7 Å². The third-order valence-corrected chi connectivity index (χ3v) is 3.81. The largest absolute Gasteiger partial charge is 0.342 e. The number of nitrogens with zero attached hydrogens (tertiary/aromatic N) is 1. The van der Waals surface area contributed by atoms with Crippen molar-refractivity contribution in [1.82, 2.24) is 10.2 Å². The van der Waals surface area contributed by atoms with Crippen molar-refractivity contribution in [3.05, 3.63) is 33.8 Å². The molecule has 0 saturated carbocycles. The number of rotatable bonds is 6. The molecule has 0 aliphatic rings. The van der Waals surface area contributed by atoms with Gasteiger partial charge in [0.25, 0.3) is 0 Å². The molecule has 3 nitrogen and oxygen atoms in total. The quantitative estimate of drug-likeness (QED) is 0.876. The van der Waals surface area contributed by atoms with Gasteiger partial charge in [0, 0.05) is 24.1 Å². The van der Waals surface area contributed by atoms with Crippen molar-refractivity contribution in [2.24, 2.45) is 0 Å². The minimum atomic E-state index is 0.158. The zero-order chi connectivity index (χ0) is 13.5. The Morgan fingerprint density at radius 1 is 1.33 bits per heavy atom. The van der Waals surface area contributed by atoms with Crippen molar-refractivity contribution in [1.29, 1.82) is 0 Å². The molecule has 1 amide bonds. The second-order valence-corrected chi connectivity index (χ2v) is 5.11. The lowest BCUT2D eigenvalue weighted by Crippen LogP contribution is -2.37. The molecule has 0 heterocycles. The Morgan fingerprint density at radius 3 is 2.56 bits per heavy atom. The molecule has 1 N–H and O–H groups in total. The number of likely N-dealkylation sites (N-methyl/N-ethyl adjacent to an activating group) is 1. The van der Waals surface area contributed by atoms with Gasteiger partial charge in [-0.25, -0.2) is 0 Å². The van der Waals surface area contributed by atoms with Crippen LogP contribution in [0.1, 0.15) is 25.0 Å². The predicted molar refractivity (Wildman–Crippen MR) is 78.5 cm³/mol. The van der Waals surface area contributed by atoms with Crippen molar-refractivity contribution in [3.63, 3.8) is 0 Å². The van der Waals surface area contributed by atoms with Crippen LogP contribution in [0.3, 0.4) is 0 Å². The molecule has 4 heteroatoms. The molecule has 0 fully saturated rings. The lowest BCUT2D eigenvalue weighted by Gasteiger charge is -2.18. The number of benzene rings is 1. The van der Waals surface area contributed by atoms with Gasteiger partial charge < -0.3 is 10.2 Å². The van der Waals surface area contributed by atoms with Crippen molar-refractivity contribution in [2.75, 3.05) is 19.6 Å². The first-order chi connectivity index (χ1) is 8.58. The summed E-state index contributed by atoms with van der Waals surface area (Å²) in [6, 6.07) is 6.24. The van der Waals surface area contributed by atoms with Gasteiger partial charge in [0.1, 0.15) is 0 Å². The Morgan fingerprint density at radius 2 is 2.00 bits per heavy atom. The molecule has 0 aliphatic heterocycles. The standard InChI is InChI=1S/C14H21BrN2O/c1-4-17(5-2)14(18)10-16-9-12-7-6-11(3)13(15)8-12/h6-8,16H,4-5,9-10H2,1-3H3. The van der Waals surface area contributed by atoms with Gasteiger partial charge >= 0.3 is 0 Å². The molecule has 0 radical (unpaired) electrons. The molecule has 0 unspecified atom stereocenters. The van der Waals surface area contributed by atoms with Gasteiger partial charge in [0.15, 0.2) is 0 Å². The van der Waals surface area contributed by atoms with Crippen LogP contribution in [0.5, 0.6) is 0 Å². The first-order valence-electron chi connectivity index (χ1n) is 6.32. The molecule has 1 aromatic carbocycles. The third-order valence-electron chi connectivity index (χ3n) is 2.96. The van der Waals surface area contributed by atoms with E-state index >= 15 is 0 Å².